The fraction of sp³-hybridized carbons (Fsp3) is 0.429. The van der Waals surface area contributed by atoms with Gasteiger partial charge in [-0.25, -0.2) is 27.9 Å². The van der Waals surface area contributed by atoms with Crippen molar-refractivity contribution >= 4 is 11.8 Å². The molecule has 0 spiro atoms. The van der Waals surface area contributed by atoms with Crippen molar-refractivity contribution in [2.45, 2.75) is 31.5 Å². The molecule has 2 aromatic rings. The van der Waals surface area contributed by atoms with Crippen LogP contribution in [0, 0.1) is 12.7 Å². The van der Waals surface area contributed by atoms with Gasteiger partial charge in [0.1, 0.15) is 5.82 Å². The summed E-state index contributed by atoms with van der Waals surface area (Å²) < 4.78 is 54.2. The summed E-state index contributed by atoms with van der Waals surface area (Å²) in [5.74, 6) is -2.00. The summed E-state index contributed by atoms with van der Waals surface area (Å²) in [5, 5.41) is 0. The zero-order valence-electron chi connectivity index (χ0n) is 13.1. The van der Waals surface area contributed by atoms with E-state index >= 15 is 0 Å². The zero-order chi connectivity index (χ0) is 18.2. The number of hydrogen-bond acceptors (Lipinski definition) is 3. The van der Waals surface area contributed by atoms with Gasteiger partial charge in [0, 0.05) is 18.5 Å². The van der Waals surface area contributed by atoms with Gasteiger partial charge in [-0.05, 0) is 31.5 Å². The molecule has 0 amide bonds. The van der Waals surface area contributed by atoms with Crippen molar-refractivity contribution in [3.8, 4) is 5.69 Å². The molecule has 132 valence electrons. The lowest BCUT2D eigenvalue weighted by molar-refractivity contribution is -0.105. The van der Waals surface area contributed by atoms with E-state index < -0.39 is 29.1 Å². The van der Waals surface area contributed by atoms with E-state index in [0.717, 1.165) is 21.5 Å². The van der Waals surface area contributed by atoms with E-state index in [4.69, 9.17) is 0 Å². The molecule has 0 aliphatic carbocycles. The van der Waals surface area contributed by atoms with E-state index in [1.807, 2.05) is 0 Å². The second-order valence-electron chi connectivity index (χ2n) is 5.11. The monoisotopic (exact) mass is 365 g/mol. The molecule has 0 fully saturated rings. The Morgan fingerprint density at radius 1 is 1.17 bits per heavy atom. The van der Waals surface area contributed by atoms with E-state index in [2.05, 4.69) is 0 Å². The van der Waals surface area contributed by atoms with Gasteiger partial charge < -0.3 is 0 Å². The topological polar surface area (TPSA) is 48.9 Å². The van der Waals surface area contributed by atoms with Gasteiger partial charge in [-0.1, -0.05) is 0 Å². The molecule has 10 heteroatoms. The molecule has 0 unspecified atom stereocenters. The normalized spacial score (nSPS) is 12.0. The lowest BCUT2D eigenvalue weighted by atomic mass is 10.2. The maximum absolute atomic E-state index is 14.2. The van der Waals surface area contributed by atoms with E-state index in [1.54, 1.807) is 6.92 Å². The first-order valence-electron chi connectivity index (χ1n) is 6.95. The van der Waals surface area contributed by atoms with Crippen LogP contribution in [0.4, 0.5) is 17.6 Å². The summed E-state index contributed by atoms with van der Waals surface area (Å²) in [6.45, 7) is 3.30. The number of rotatable bonds is 4. The van der Waals surface area contributed by atoms with Crippen LogP contribution in [0.5, 0.6) is 0 Å². The van der Waals surface area contributed by atoms with Crippen molar-refractivity contribution in [1.82, 2.24) is 13.9 Å². The zero-order valence-corrected chi connectivity index (χ0v) is 14.0. The highest BCUT2D eigenvalue weighted by Gasteiger charge is 2.28. The molecular formula is C14H15F4N3O2S. The summed E-state index contributed by atoms with van der Waals surface area (Å²) >= 11 is 0.477. The molecule has 24 heavy (non-hydrogen) atoms. The van der Waals surface area contributed by atoms with Crippen LogP contribution in [0.2, 0.25) is 0 Å². The van der Waals surface area contributed by atoms with Gasteiger partial charge in [-0.15, -0.1) is 11.8 Å². The Bertz CT molecular complexity index is 880. The van der Waals surface area contributed by atoms with Crippen LogP contribution in [0.3, 0.4) is 0 Å². The third kappa shape index (κ3) is 3.42. The lowest BCUT2D eigenvalue weighted by Gasteiger charge is -2.11. The largest absolute Gasteiger partial charge is 0.398 e. The number of benzene rings is 1. The first-order valence-corrected chi connectivity index (χ1v) is 7.94. The second kappa shape index (κ2) is 6.50. The van der Waals surface area contributed by atoms with Crippen molar-refractivity contribution in [2.24, 2.45) is 7.05 Å². The lowest BCUT2D eigenvalue weighted by Crippen LogP contribution is -2.28. The van der Waals surface area contributed by atoms with Gasteiger partial charge in [0.2, 0.25) is 0 Å². The Balaban J connectivity index is 2.60. The molecule has 5 nitrogen and oxygen atoms in total. The molecule has 1 aromatic carbocycles. The minimum absolute atomic E-state index is 0.155. The minimum Gasteiger partial charge on any atom is -0.246 e. The van der Waals surface area contributed by atoms with E-state index in [0.29, 0.717) is 21.9 Å². The van der Waals surface area contributed by atoms with Crippen LogP contribution in [0.1, 0.15) is 12.5 Å². The molecule has 1 aromatic heterocycles. The summed E-state index contributed by atoms with van der Waals surface area (Å²) in [4.78, 5) is 24.6. The van der Waals surface area contributed by atoms with Gasteiger partial charge in [-0.2, -0.15) is 13.2 Å². The van der Waals surface area contributed by atoms with Crippen molar-refractivity contribution in [3.63, 3.8) is 0 Å². The Hall–Kier alpha value is -1.97. The summed E-state index contributed by atoms with van der Waals surface area (Å²) in [5.41, 5.74) is -1.58. The summed E-state index contributed by atoms with van der Waals surface area (Å²) in [6.07, 6.45) is -4.38. The smallest absolute Gasteiger partial charge is 0.246 e. The van der Waals surface area contributed by atoms with Gasteiger partial charge >= 0.3 is 17.6 Å². The van der Waals surface area contributed by atoms with E-state index in [-0.39, 0.29) is 17.1 Å². The molecule has 1 heterocycles. The standard InChI is InChI=1S/C14H15F4N3O2S/c1-4-20-13(23)21(12(22)19(20)3)10-6-11(8(2)5-9(10)15)24-7-14(16,17)18/h5-6H,4,7H2,1-3H3. The number of thioether (sulfide) groups is 1. The predicted molar refractivity (Wildman–Crippen MR) is 82.4 cm³/mol. The van der Waals surface area contributed by atoms with E-state index in [1.165, 1.54) is 14.0 Å². The highest BCUT2D eigenvalue weighted by molar-refractivity contribution is 7.99. The fourth-order valence-electron chi connectivity index (χ4n) is 2.26. The van der Waals surface area contributed by atoms with Gasteiger partial charge in [-0.3, -0.25) is 0 Å². The Morgan fingerprint density at radius 3 is 2.29 bits per heavy atom. The van der Waals surface area contributed by atoms with Gasteiger partial charge in [0.25, 0.3) is 0 Å². The molecule has 0 saturated carbocycles. The number of hydrogen-bond donors (Lipinski definition) is 0. The SMILES string of the molecule is CCn1c(=O)n(-c2cc(SCC(F)(F)F)c(C)cc2F)c(=O)n1C. The first-order chi connectivity index (χ1) is 11.1. The molecule has 0 atom stereocenters. The van der Waals surface area contributed by atoms with Crippen molar-refractivity contribution in [1.29, 1.82) is 0 Å². The number of nitrogens with zero attached hydrogens (tertiary/aromatic N) is 3. The van der Waals surface area contributed by atoms with Crippen LogP contribution >= 0.6 is 11.8 Å². The molecule has 0 radical (unpaired) electrons. The van der Waals surface area contributed by atoms with Crippen molar-refractivity contribution < 1.29 is 17.6 Å². The molecule has 0 saturated heterocycles. The number of aryl methyl sites for hydroxylation is 1. The van der Waals surface area contributed by atoms with Crippen LogP contribution in [0.15, 0.2) is 26.6 Å². The summed E-state index contributed by atoms with van der Waals surface area (Å²) in [7, 11) is 1.36. The highest BCUT2D eigenvalue weighted by atomic mass is 32.2. The molecule has 0 aliphatic heterocycles. The Morgan fingerprint density at radius 2 is 1.79 bits per heavy atom. The minimum atomic E-state index is -4.38. The third-order valence-corrected chi connectivity index (χ3v) is 4.64. The maximum atomic E-state index is 14.2. The van der Waals surface area contributed by atoms with Crippen LogP contribution in [-0.4, -0.2) is 25.9 Å². The Labute approximate surface area is 138 Å². The van der Waals surface area contributed by atoms with E-state index in [9.17, 15) is 27.2 Å². The number of halogens is 4. The van der Waals surface area contributed by atoms with Crippen LogP contribution in [-0.2, 0) is 13.6 Å². The van der Waals surface area contributed by atoms with Gasteiger partial charge in [0.05, 0.1) is 11.4 Å². The maximum Gasteiger partial charge on any atom is 0.398 e. The molecule has 2 rings (SSSR count). The average Bonchev–Trinajstić information content (AvgIpc) is 2.68. The average molecular weight is 365 g/mol. The van der Waals surface area contributed by atoms with Crippen LogP contribution < -0.4 is 11.4 Å². The number of alkyl halides is 3. The van der Waals surface area contributed by atoms with Gasteiger partial charge in [0.15, 0.2) is 0 Å². The van der Waals surface area contributed by atoms with Crippen LogP contribution in [0.25, 0.3) is 5.69 Å². The molecule has 0 bridgehead atoms. The third-order valence-electron chi connectivity index (χ3n) is 3.42. The first kappa shape index (κ1) is 18.4. The quantitative estimate of drug-likeness (QED) is 0.618. The highest BCUT2D eigenvalue weighted by Crippen LogP contribution is 2.31. The number of aromatic nitrogens is 3. The fourth-order valence-corrected chi connectivity index (χ4v) is 3.06. The summed E-state index contributed by atoms with van der Waals surface area (Å²) in [6, 6.07) is 2.12. The Kier molecular flexibility index (Phi) is 4.97. The van der Waals surface area contributed by atoms with Crippen molar-refractivity contribution in [2.75, 3.05) is 5.75 Å². The van der Waals surface area contributed by atoms with Crippen molar-refractivity contribution in [3.05, 3.63) is 44.5 Å². The second-order valence-corrected chi connectivity index (χ2v) is 6.13. The molecular weight excluding hydrogens is 350 g/mol. The molecule has 0 aliphatic rings. The predicted octanol–water partition coefficient (Wildman–Crippen LogP) is 2.46. The molecule has 0 N–H and O–H groups in total.